The number of sulfone groups is 1. The van der Waals surface area contributed by atoms with E-state index in [1.165, 1.54) is 36.4 Å². The second-order valence-electron chi connectivity index (χ2n) is 7.03. The van der Waals surface area contributed by atoms with E-state index in [9.17, 15) is 17.2 Å². The maximum absolute atomic E-state index is 14.4. The van der Waals surface area contributed by atoms with Crippen LogP contribution in [0.2, 0.25) is 0 Å². The van der Waals surface area contributed by atoms with Gasteiger partial charge in [0.1, 0.15) is 0 Å². The molecule has 0 amide bonds. The summed E-state index contributed by atoms with van der Waals surface area (Å²) in [6, 6.07) is 8.33. The minimum absolute atomic E-state index is 0.159. The van der Waals surface area contributed by atoms with E-state index in [1.54, 1.807) is 0 Å². The van der Waals surface area contributed by atoms with Crippen LogP contribution in [0.25, 0.3) is 11.1 Å². The molecule has 7 heteroatoms. The lowest BCUT2D eigenvalue weighted by molar-refractivity contribution is 0.255. The maximum Gasteiger partial charge on any atom is 0.190 e. The Bertz CT molecular complexity index is 911. The Hall–Kier alpha value is -1.99. The standard InChI is InChI=1S/C19H19F2NO3S/c1-26(23,24)13-4-2-11(3-5-13)12-6-17(20)19(18(21)7-12)25-10-16-14-8-22-9-15(14)16/h2-7,14-16,22H,8-10H2,1H3. The zero-order valence-corrected chi connectivity index (χ0v) is 15.0. The first-order valence-electron chi connectivity index (χ1n) is 8.47. The van der Waals surface area contributed by atoms with Gasteiger partial charge in [0.2, 0.25) is 0 Å². The van der Waals surface area contributed by atoms with E-state index in [0.29, 0.717) is 35.5 Å². The minimum Gasteiger partial charge on any atom is -0.487 e. The lowest BCUT2D eigenvalue weighted by Crippen LogP contribution is -2.18. The van der Waals surface area contributed by atoms with Crippen molar-refractivity contribution in [2.75, 3.05) is 26.0 Å². The van der Waals surface area contributed by atoms with Gasteiger partial charge in [0.25, 0.3) is 0 Å². The molecular formula is C19H19F2NO3S. The van der Waals surface area contributed by atoms with E-state index >= 15 is 0 Å². The third-order valence-electron chi connectivity index (χ3n) is 5.30. The summed E-state index contributed by atoms with van der Waals surface area (Å²) in [5.74, 6) is -0.354. The normalized spacial score (nSPS) is 24.3. The number of hydrogen-bond acceptors (Lipinski definition) is 4. The highest BCUT2D eigenvalue weighted by Gasteiger charge is 2.53. The molecule has 2 unspecified atom stereocenters. The Morgan fingerprint density at radius 3 is 2.15 bits per heavy atom. The fourth-order valence-corrected chi connectivity index (χ4v) is 4.36. The van der Waals surface area contributed by atoms with Crippen LogP contribution < -0.4 is 10.1 Å². The number of piperidine rings is 1. The van der Waals surface area contributed by atoms with Crippen LogP contribution in [0.15, 0.2) is 41.3 Å². The van der Waals surface area contributed by atoms with Gasteiger partial charge in [0, 0.05) is 12.2 Å². The molecule has 2 aromatic rings. The molecule has 2 atom stereocenters. The van der Waals surface area contributed by atoms with E-state index in [4.69, 9.17) is 4.74 Å². The summed E-state index contributed by atoms with van der Waals surface area (Å²) in [6.07, 6.45) is 1.11. The quantitative estimate of drug-likeness (QED) is 0.868. The predicted molar refractivity (Wildman–Crippen MR) is 93.7 cm³/mol. The number of nitrogens with one attached hydrogen (secondary N) is 1. The molecule has 0 radical (unpaired) electrons. The molecule has 138 valence electrons. The second kappa shape index (κ2) is 6.32. The first-order valence-corrected chi connectivity index (χ1v) is 10.4. The van der Waals surface area contributed by atoms with Gasteiger partial charge >= 0.3 is 0 Å². The van der Waals surface area contributed by atoms with Crippen molar-refractivity contribution < 1.29 is 21.9 Å². The van der Waals surface area contributed by atoms with Gasteiger partial charge in [-0.15, -0.1) is 0 Å². The maximum atomic E-state index is 14.4. The van der Waals surface area contributed by atoms with E-state index in [0.717, 1.165) is 19.3 Å². The molecule has 1 aliphatic heterocycles. The van der Waals surface area contributed by atoms with Gasteiger partial charge < -0.3 is 10.1 Å². The van der Waals surface area contributed by atoms with Gasteiger partial charge in [-0.05, 0) is 60.3 Å². The Kier molecular flexibility index (Phi) is 4.23. The average Bonchev–Trinajstić information content (AvgIpc) is 3.01. The molecule has 1 heterocycles. The Labute approximate surface area is 151 Å². The van der Waals surface area contributed by atoms with Crippen molar-refractivity contribution in [2.24, 2.45) is 17.8 Å². The van der Waals surface area contributed by atoms with Gasteiger partial charge in [-0.25, -0.2) is 17.2 Å². The van der Waals surface area contributed by atoms with Crippen LogP contribution in [-0.2, 0) is 9.84 Å². The van der Waals surface area contributed by atoms with E-state index in [2.05, 4.69) is 5.32 Å². The molecule has 2 fully saturated rings. The highest BCUT2D eigenvalue weighted by molar-refractivity contribution is 7.90. The van der Waals surface area contributed by atoms with Crippen molar-refractivity contribution in [3.05, 3.63) is 48.0 Å². The van der Waals surface area contributed by atoms with E-state index in [-0.39, 0.29) is 10.6 Å². The Morgan fingerprint density at radius 2 is 1.62 bits per heavy atom. The molecule has 4 rings (SSSR count). The minimum atomic E-state index is -3.31. The molecule has 4 nitrogen and oxygen atoms in total. The van der Waals surface area contributed by atoms with Gasteiger partial charge in [0.15, 0.2) is 27.2 Å². The Balaban J connectivity index is 1.51. The van der Waals surface area contributed by atoms with E-state index < -0.39 is 21.5 Å². The van der Waals surface area contributed by atoms with Crippen molar-refractivity contribution in [3.63, 3.8) is 0 Å². The van der Waals surface area contributed by atoms with Crippen molar-refractivity contribution in [1.29, 1.82) is 0 Å². The van der Waals surface area contributed by atoms with Gasteiger partial charge in [-0.3, -0.25) is 0 Å². The molecule has 26 heavy (non-hydrogen) atoms. The summed E-state index contributed by atoms with van der Waals surface area (Å²) in [5.41, 5.74) is 0.865. The summed E-state index contributed by atoms with van der Waals surface area (Å²) in [5, 5.41) is 3.27. The SMILES string of the molecule is CS(=O)(=O)c1ccc(-c2cc(F)c(OCC3C4CNCC43)c(F)c2)cc1. The number of hydrogen-bond donors (Lipinski definition) is 1. The van der Waals surface area contributed by atoms with Crippen molar-refractivity contribution >= 4 is 9.84 Å². The summed E-state index contributed by atoms with van der Waals surface area (Å²) in [6.45, 7) is 2.23. The van der Waals surface area contributed by atoms with Gasteiger partial charge in [-0.2, -0.15) is 0 Å². The van der Waals surface area contributed by atoms with Gasteiger partial charge in [-0.1, -0.05) is 12.1 Å². The number of benzene rings is 2. The van der Waals surface area contributed by atoms with Crippen LogP contribution in [0.3, 0.4) is 0 Å². The summed E-state index contributed by atoms with van der Waals surface area (Å²) < 4.78 is 57.1. The largest absolute Gasteiger partial charge is 0.487 e. The molecule has 0 spiro atoms. The highest BCUT2D eigenvalue weighted by Crippen LogP contribution is 2.48. The third-order valence-corrected chi connectivity index (χ3v) is 6.43. The van der Waals surface area contributed by atoms with Crippen molar-refractivity contribution in [1.82, 2.24) is 5.32 Å². The summed E-state index contributed by atoms with van der Waals surface area (Å²) in [7, 11) is -3.31. The number of rotatable bonds is 5. The summed E-state index contributed by atoms with van der Waals surface area (Å²) >= 11 is 0. The van der Waals surface area contributed by atoms with Crippen LogP contribution in [0.1, 0.15) is 0 Å². The van der Waals surface area contributed by atoms with Crippen LogP contribution in [-0.4, -0.2) is 34.4 Å². The van der Waals surface area contributed by atoms with Crippen molar-refractivity contribution in [3.8, 4) is 16.9 Å². The molecule has 1 aliphatic carbocycles. The first kappa shape index (κ1) is 17.4. The number of fused-ring (bicyclic) bond motifs is 1. The smallest absolute Gasteiger partial charge is 0.190 e. The second-order valence-corrected chi connectivity index (χ2v) is 9.04. The monoisotopic (exact) mass is 379 g/mol. The van der Waals surface area contributed by atoms with Crippen LogP contribution in [0.4, 0.5) is 8.78 Å². The van der Waals surface area contributed by atoms with Crippen molar-refractivity contribution in [2.45, 2.75) is 4.90 Å². The Morgan fingerprint density at radius 1 is 1.04 bits per heavy atom. The molecular weight excluding hydrogens is 360 g/mol. The van der Waals surface area contributed by atoms with Crippen LogP contribution in [0, 0.1) is 29.4 Å². The molecule has 0 bridgehead atoms. The fraction of sp³-hybridized carbons (Fsp3) is 0.368. The highest BCUT2D eigenvalue weighted by atomic mass is 32.2. The number of halogens is 2. The molecule has 1 N–H and O–H groups in total. The predicted octanol–water partition coefficient (Wildman–Crippen LogP) is 2.88. The van der Waals surface area contributed by atoms with Crippen LogP contribution >= 0.6 is 0 Å². The topological polar surface area (TPSA) is 55.4 Å². The lowest BCUT2D eigenvalue weighted by atomic mass is 10.1. The molecule has 2 aromatic carbocycles. The first-order chi connectivity index (χ1) is 12.3. The molecule has 1 saturated heterocycles. The zero-order chi connectivity index (χ0) is 18.5. The lowest BCUT2D eigenvalue weighted by Gasteiger charge is -2.12. The summed E-state index contributed by atoms with van der Waals surface area (Å²) in [4.78, 5) is 0.159. The third kappa shape index (κ3) is 3.21. The average molecular weight is 379 g/mol. The zero-order valence-electron chi connectivity index (χ0n) is 14.2. The van der Waals surface area contributed by atoms with Crippen LogP contribution in [0.5, 0.6) is 5.75 Å². The number of ether oxygens (including phenoxy) is 1. The fourth-order valence-electron chi connectivity index (χ4n) is 3.73. The van der Waals surface area contributed by atoms with E-state index in [1.807, 2.05) is 0 Å². The molecule has 2 aliphatic rings. The van der Waals surface area contributed by atoms with Gasteiger partial charge in [0.05, 0.1) is 11.5 Å². The molecule has 1 saturated carbocycles. The molecule has 0 aromatic heterocycles.